The summed E-state index contributed by atoms with van der Waals surface area (Å²) in [6.07, 6.45) is 9.73. The second-order valence-electron chi connectivity index (χ2n) is 3.86. The number of hydrogen-bond donors (Lipinski definition) is 1. The third-order valence-electron chi connectivity index (χ3n) is 2.53. The summed E-state index contributed by atoms with van der Waals surface area (Å²) in [4.78, 5) is 0. The van der Waals surface area contributed by atoms with Gasteiger partial charge in [0.1, 0.15) is 0 Å². The molecular formula is C14H15N. The lowest BCUT2D eigenvalue weighted by molar-refractivity contribution is 1.22. The van der Waals surface area contributed by atoms with E-state index in [1.54, 1.807) is 0 Å². The van der Waals surface area contributed by atoms with Crippen molar-refractivity contribution in [1.82, 2.24) is 0 Å². The molecule has 0 saturated carbocycles. The normalized spacial score (nSPS) is 15.5. The van der Waals surface area contributed by atoms with Crippen molar-refractivity contribution in [2.45, 2.75) is 13.3 Å². The highest BCUT2D eigenvalue weighted by molar-refractivity contribution is 5.76. The highest BCUT2D eigenvalue weighted by atomic mass is 14.5. The zero-order valence-corrected chi connectivity index (χ0v) is 8.90. The largest absolute Gasteiger partial charge is 0.399 e. The standard InChI is InChI=1S/C14H15N/c1-11-3-2-4-12(6-5-11)13-7-9-14(15)10-8-13/h2,4-10H,3,15H2,1H3. The molecule has 76 valence electrons. The minimum atomic E-state index is 0.809. The summed E-state index contributed by atoms with van der Waals surface area (Å²) >= 11 is 0. The van der Waals surface area contributed by atoms with Crippen LogP contribution in [-0.4, -0.2) is 0 Å². The molecule has 1 aromatic carbocycles. The van der Waals surface area contributed by atoms with Crippen LogP contribution < -0.4 is 5.73 Å². The van der Waals surface area contributed by atoms with Gasteiger partial charge in [-0.15, -0.1) is 0 Å². The molecule has 15 heavy (non-hydrogen) atoms. The Labute approximate surface area is 90.6 Å². The van der Waals surface area contributed by atoms with Crippen LogP contribution in [0.2, 0.25) is 0 Å². The van der Waals surface area contributed by atoms with Crippen molar-refractivity contribution >= 4 is 11.3 Å². The van der Waals surface area contributed by atoms with Crippen LogP contribution in [0.1, 0.15) is 18.9 Å². The smallest absolute Gasteiger partial charge is 0.0314 e. The lowest BCUT2D eigenvalue weighted by Crippen LogP contribution is -1.85. The first-order chi connectivity index (χ1) is 7.25. The van der Waals surface area contributed by atoms with E-state index in [9.17, 15) is 0 Å². The van der Waals surface area contributed by atoms with Gasteiger partial charge in [0.2, 0.25) is 0 Å². The predicted octanol–water partition coefficient (Wildman–Crippen LogP) is 3.56. The molecule has 0 heterocycles. The van der Waals surface area contributed by atoms with Gasteiger partial charge in [-0.05, 0) is 36.6 Å². The topological polar surface area (TPSA) is 26.0 Å². The number of hydrogen-bond acceptors (Lipinski definition) is 1. The summed E-state index contributed by atoms with van der Waals surface area (Å²) in [5.74, 6) is 0. The van der Waals surface area contributed by atoms with Gasteiger partial charge in [0, 0.05) is 5.69 Å². The molecule has 1 aliphatic carbocycles. The van der Waals surface area contributed by atoms with E-state index in [2.05, 4.69) is 43.4 Å². The fourth-order valence-electron chi connectivity index (χ4n) is 1.60. The fraction of sp³-hybridized carbons (Fsp3) is 0.143. The number of anilines is 1. The first-order valence-corrected chi connectivity index (χ1v) is 5.15. The van der Waals surface area contributed by atoms with Gasteiger partial charge in [0.05, 0.1) is 0 Å². The molecule has 0 radical (unpaired) electrons. The van der Waals surface area contributed by atoms with E-state index in [-0.39, 0.29) is 0 Å². The Morgan fingerprint density at radius 3 is 2.53 bits per heavy atom. The number of benzene rings is 1. The molecule has 2 rings (SSSR count). The molecule has 0 aromatic heterocycles. The molecule has 0 spiro atoms. The van der Waals surface area contributed by atoms with Gasteiger partial charge >= 0.3 is 0 Å². The van der Waals surface area contributed by atoms with Gasteiger partial charge < -0.3 is 5.73 Å². The van der Waals surface area contributed by atoms with E-state index in [0.29, 0.717) is 0 Å². The Hall–Kier alpha value is -1.76. The molecule has 0 fully saturated rings. The maximum atomic E-state index is 5.66. The van der Waals surface area contributed by atoms with Crippen LogP contribution >= 0.6 is 0 Å². The number of nitrogen functional groups attached to an aromatic ring is 1. The van der Waals surface area contributed by atoms with Gasteiger partial charge in [-0.1, -0.05) is 42.0 Å². The van der Waals surface area contributed by atoms with Crippen molar-refractivity contribution < 1.29 is 0 Å². The maximum absolute atomic E-state index is 5.66. The summed E-state index contributed by atoms with van der Waals surface area (Å²) < 4.78 is 0. The third-order valence-corrected chi connectivity index (χ3v) is 2.53. The zero-order valence-electron chi connectivity index (χ0n) is 8.90. The monoisotopic (exact) mass is 197 g/mol. The van der Waals surface area contributed by atoms with Crippen LogP contribution in [0.3, 0.4) is 0 Å². The molecular weight excluding hydrogens is 182 g/mol. The van der Waals surface area contributed by atoms with E-state index < -0.39 is 0 Å². The van der Waals surface area contributed by atoms with Crippen molar-refractivity contribution in [3.05, 3.63) is 59.7 Å². The second-order valence-corrected chi connectivity index (χ2v) is 3.86. The molecule has 0 aliphatic heterocycles. The van der Waals surface area contributed by atoms with Gasteiger partial charge in [0.25, 0.3) is 0 Å². The van der Waals surface area contributed by atoms with Gasteiger partial charge in [-0.3, -0.25) is 0 Å². The zero-order chi connectivity index (χ0) is 10.7. The highest BCUT2D eigenvalue weighted by Gasteiger charge is 1.99. The third kappa shape index (κ3) is 2.38. The number of nitrogens with two attached hydrogens (primary N) is 1. The predicted molar refractivity (Wildman–Crippen MR) is 66.3 cm³/mol. The minimum absolute atomic E-state index is 0.809. The molecule has 0 saturated heterocycles. The SMILES string of the molecule is CC1=CC=C(c2ccc(N)cc2)C=CC1. The average molecular weight is 197 g/mol. The lowest BCUT2D eigenvalue weighted by atomic mass is 10.1. The van der Waals surface area contributed by atoms with Crippen LogP contribution in [0.4, 0.5) is 5.69 Å². The molecule has 1 nitrogen and oxygen atoms in total. The fourth-order valence-corrected chi connectivity index (χ4v) is 1.60. The Morgan fingerprint density at radius 2 is 1.80 bits per heavy atom. The first-order valence-electron chi connectivity index (χ1n) is 5.15. The van der Waals surface area contributed by atoms with Gasteiger partial charge in [-0.25, -0.2) is 0 Å². The molecule has 2 N–H and O–H groups in total. The van der Waals surface area contributed by atoms with Crippen LogP contribution in [0.25, 0.3) is 5.57 Å². The van der Waals surface area contributed by atoms with Crippen LogP contribution in [0.15, 0.2) is 54.1 Å². The summed E-state index contributed by atoms with van der Waals surface area (Å²) in [6, 6.07) is 7.98. The molecule has 1 aliphatic rings. The molecule has 1 heteroatoms. The van der Waals surface area contributed by atoms with Crippen molar-refractivity contribution in [3.63, 3.8) is 0 Å². The number of rotatable bonds is 1. The highest BCUT2D eigenvalue weighted by Crippen LogP contribution is 2.21. The van der Waals surface area contributed by atoms with E-state index in [4.69, 9.17) is 5.73 Å². The van der Waals surface area contributed by atoms with Crippen molar-refractivity contribution in [1.29, 1.82) is 0 Å². The van der Waals surface area contributed by atoms with E-state index in [1.165, 1.54) is 16.7 Å². The molecule has 1 aromatic rings. The van der Waals surface area contributed by atoms with E-state index in [1.807, 2.05) is 12.1 Å². The molecule has 0 bridgehead atoms. The first kappa shape index (κ1) is 9.78. The Morgan fingerprint density at radius 1 is 1.07 bits per heavy atom. The lowest BCUT2D eigenvalue weighted by Gasteiger charge is -2.01. The summed E-state index contributed by atoms with van der Waals surface area (Å²) in [7, 11) is 0. The summed E-state index contributed by atoms with van der Waals surface area (Å²) in [6.45, 7) is 2.15. The molecule has 0 unspecified atom stereocenters. The Balaban J connectivity index is 2.35. The van der Waals surface area contributed by atoms with Gasteiger partial charge in [0.15, 0.2) is 0 Å². The van der Waals surface area contributed by atoms with Crippen LogP contribution in [0.5, 0.6) is 0 Å². The van der Waals surface area contributed by atoms with E-state index >= 15 is 0 Å². The Kier molecular flexibility index (Phi) is 2.72. The quantitative estimate of drug-likeness (QED) is 0.684. The van der Waals surface area contributed by atoms with Crippen molar-refractivity contribution in [2.24, 2.45) is 0 Å². The molecule has 0 atom stereocenters. The van der Waals surface area contributed by atoms with Crippen molar-refractivity contribution in [3.8, 4) is 0 Å². The second kappa shape index (κ2) is 4.18. The van der Waals surface area contributed by atoms with Crippen LogP contribution in [0, 0.1) is 0 Å². The van der Waals surface area contributed by atoms with Crippen molar-refractivity contribution in [2.75, 3.05) is 5.73 Å². The van der Waals surface area contributed by atoms with Crippen LogP contribution in [-0.2, 0) is 0 Å². The number of allylic oxidation sites excluding steroid dienone is 6. The summed E-state index contributed by atoms with van der Waals surface area (Å²) in [5, 5.41) is 0. The Bertz CT molecular complexity index is 433. The average Bonchev–Trinajstić information content (AvgIpc) is 2.44. The maximum Gasteiger partial charge on any atom is 0.0314 e. The molecule has 0 amide bonds. The van der Waals surface area contributed by atoms with Gasteiger partial charge in [-0.2, -0.15) is 0 Å². The minimum Gasteiger partial charge on any atom is -0.399 e. The summed E-state index contributed by atoms with van der Waals surface area (Å²) in [5.41, 5.74) is 10.3. The van der Waals surface area contributed by atoms with E-state index in [0.717, 1.165) is 12.1 Å².